The van der Waals surface area contributed by atoms with E-state index in [1.807, 2.05) is 13.8 Å². The van der Waals surface area contributed by atoms with Gasteiger partial charge in [-0.1, -0.05) is 6.92 Å². The molecule has 0 aromatic heterocycles. The summed E-state index contributed by atoms with van der Waals surface area (Å²) < 4.78 is 37.1. The molecule has 0 amide bonds. The van der Waals surface area contributed by atoms with Crippen LogP contribution >= 0.6 is 0 Å². The molecule has 6 nitrogen and oxygen atoms in total. The molecule has 0 radical (unpaired) electrons. The van der Waals surface area contributed by atoms with Gasteiger partial charge in [0.15, 0.2) is 11.5 Å². The Labute approximate surface area is 126 Å². The van der Waals surface area contributed by atoms with E-state index >= 15 is 0 Å². The molecule has 0 fully saturated rings. The van der Waals surface area contributed by atoms with Crippen LogP contribution in [0, 0.1) is 0 Å². The minimum atomic E-state index is -3.65. The fourth-order valence-electron chi connectivity index (χ4n) is 2.23. The lowest BCUT2D eigenvalue weighted by atomic mass is 10.2. The van der Waals surface area contributed by atoms with Crippen LogP contribution in [0.15, 0.2) is 17.0 Å². The zero-order chi connectivity index (χ0) is 16.2. The van der Waals surface area contributed by atoms with E-state index in [1.54, 1.807) is 6.92 Å². The van der Waals surface area contributed by atoms with Crippen molar-refractivity contribution in [2.45, 2.75) is 38.3 Å². The highest BCUT2D eigenvalue weighted by atomic mass is 32.2. The summed E-state index contributed by atoms with van der Waals surface area (Å²) in [4.78, 5) is 0.0831. The molecule has 0 heterocycles. The first-order chi connectivity index (χ1) is 9.83. The lowest BCUT2D eigenvalue weighted by Gasteiger charge is -2.25. The third-order valence-electron chi connectivity index (χ3n) is 3.19. The van der Waals surface area contributed by atoms with E-state index in [1.165, 1.54) is 30.7 Å². The van der Waals surface area contributed by atoms with Gasteiger partial charge in [0.25, 0.3) is 0 Å². The summed E-state index contributed by atoms with van der Waals surface area (Å²) in [7, 11) is -0.786. The van der Waals surface area contributed by atoms with E-state index in [0.29, 0.717) is 17.9 Å². The molecular weight excluding hydrogens is 294 g/mol. The molecule has 0 unspecified atom stereocenters. The molecule has 1 aromatic rings. The molecule has 0 aliphatic carbocycles. The van der Waals surface area contributed by atoms with Crippen molar-refractivity contribution in [1.82, 2.24) is 4.31 Å². The van der Waals surface area contributed by atoms with Gasteiger partial charge in [0.2, 0.25) is 10.0 Å². The van der Waals surface area contributed by atoms with Crippen LogP contribution < -0.4 is 9.47 Å². The van der Waals surface area contributed by atoms with Crippen LogP contribution in [0.4, 0.5) is 0 Å². The van der Waals surface area contributed by atoms with E-state index in [0.717, 1.165) is 0 Å². The van der Waals surface area contributed by atoms with Crippen molar-refractivity contribution in [2.75, 3.05) is 20.8 Å². The second-order valence-electron chi connectivity index (χ2n) is 4.78. The Morgan fingerprint density at radius 3 is 2.24 bits per heavy atom. The zero-order valence-electron chi connectivity index (χ0n) is 13.1. The average molecular weight is 317 g/mol. The van der Waals surface area contributed by atoms with Crippen molar-refractivity contribution in [3.8, 4) is 11.5 Å². The molecule has 0 bridgehead atoms. The Kier molecular flexibility index (Phi) is 6.00. The van der Waals surface area contributed by atoms with Gasteiger partial charge in [-0.05, 0) is 19.9 Å². The van der Waals surface area contributed by atoms with Crippen molar-refractivity contribution >= 4 is 10.0 Å². The second-order valence-corrected chi connectivity index (χ2v) is 6.67. The fraction of sp³-hybridized carbons (Fsp3) is 0.571. The van der Waals surface area contributed by atoms with Crippen molar-refractivity contribution < 1.29 is 23.0 Å². The third-order valence-corrected chi connectivity index (χ3v) is 5.32. The Hall–Kier alpha value is -1.31. The van der Waals surface area contributed by atoms with E-state index in [2.05, 4.69) is 0 Å². The topological polar surface area (TPSA) is 76.1 Å². The summed E-state index contributed by atoms with van der Waals surface area (Å²) in [6.45, 7) is 5.44. The summed E-state index contributed by atoms with van der Waals surface area (Å²) in [5.41, 5.74) is 0.371. The maximum atomic E-state index is 12.7. The molecule has 7 heteroatoms. The van der Waals surface area contributed by atoms with Gasteiger partial charge in [-0.3, -0.25) is 0 Å². The summed E-state index contributed by atoms with van der Waals surface area (Å²) in [5.74, 6) is 0.619. The first kappa shape index (κ1) is 17.7. The first-order valence-corrected chi connectivity index (χ1v) is 8.15. The Bertz CT molecular complexity index is 558. The van der Waals surface area contributed by atoms with Crippen LogP contribution in [0.25, 0.3) is 0 Å². The molecule has 0 aliphatic rings. The quantitative estimate of drug-likeness (QED) is 0.827. The second kappa shape index (κ2) is 7.11. The summed E-state index contributed by atoms with van der Waals surface area (Å²) in [6, 6.07) is 2.67. The molecule has 0 saturated heterocycles. The number of ether oxygens (including phenoxy) is 2. The third kappa shape index (κ3) is 3.48. The van der Waals surface area contributed by atoms with Crippen LogP contribution in [0.1, 0.15) is 26.3 Å². The first-order valence-electron chi connectivity index (χ1n) is 6.71. The highest BCUT2D eigenvalue weighted by Gasteiger charge is 2.27. The van der Waals surface area contributed by atoms with Crippen LogP contribution in [-0.2, 0) is 16.6 Å². The minimum absolute atomic E-state index is 0.0831. The van der Waals surface area contributed by atoms with Crippen molar-refractivity contribution in [2.24, 2.45) is 0 Å². The molecular formula is C14H23NO5S. The average Bonchev–Trinajstić information content (AvgIpc) is 2.45. The largest absolute Gasteiger partial charge is 0.493 e. The van der Waals surface area contributed by atoms with Crippen molar-refractivity contribution in [3.63, 3.8) is 0 Å². The number of rotatable bonds is 7. The maximum absolute atomic E-state index is 12.7. The predicted molar refractivity (Wildman–Crippen MR) is 80.2 cm³/mol. The summed E-state index contributed by atoms with van der Waals surface area (Å²) >= 11 is 0. The van der Waals surface area contributed by atoms with Gasteiger partial charge in [0.1, 0.15) is 0 Å². The number of hydrogen-bond donors (Lipinski definition) is 1. The number of sulfonamides is 1. The molecule has 0 aliphatic heterocycles. The minimum Gasteiger partial charge on any atom is -0.493 e. The van der Waals surface area contributed by atoms with E-state index in [4.69, 9.17) is 9.47 Å². The van der Waals surface area contributed by atoms with Gasteiger partial charge in [-0.25, -0.2) is 8.42 Å². The number of aliphatic hydroxyl groups is 1. The normalized spacial score (nSPS) is 12.0. The molecule has 0 saturated carbocycles. The number of nitrogens with zero attached hydrogens (tertiary/aromatic N) is 1. The molecule has 21 heavy (non-hydrogen) atoms. The zero-order valence-corrected chi connectivity index (χ0v) is 13.9. The fourth-order valence-corrected chi connectivity index (χ4v) is 3.94. The van der Waals surface area contributed by atoms with Gasteiger partial charge >= 0.3 is 0 Å². The number of benzene rings is 1. The van der Waals surface area contributed by atoms with Crippen LogP contribution in [0.5, 0.6) is 11.5 Å². The smallest absolute Gasteiger partial charge is 0.243 e. The SMILES string of the molecule is CCN(C(C)C)S(=O)(=O)c1cc(CO)c(OC)c(OC)c1. The summed E-state index contributed by atoms with van der Waals surface area (Å²) in [6.07, 6.45) is 0. The molecule has 0 atom stereocenters. The summed E-state index contributed by atoms with van der Waals surface area (Å²) in [5, 5.41) is 9.42. The van der Waals surface area contributed by atoms with Crippen LogP contribution in [0.3, 0.4) is 0 Å². The molecule has 1 N–H and O–H groups in total. The Balaban J connectivity index is 3.50. The van der Waals surface area contributed by atoms with E-state index in [-0.39, 0.29) is 23.3 Å². The van der Waals surface area contributed by atoms with Crippen LogP contribution in [0.2, 0.25) is 0 Å². The van der Waals surface area contributed by atoms with Gasteiger partial charge in [-0.15, -0.1) is 0 Å². The van der Waals surface area contributed by atoms with E-state index < -0.39 is 10.0 Å². The standard InChI is InChI=1S/C14H23NO5S/c1-6-15(10(2)3)21(17,18)12-7-11(9-16)14(20-5)13(8-12)19-4/h7-8,10,16H,6,9H2,1-5H3. The number of methoxy groups -OCH3 is 2. The maximum Gasteiger partial charge on any atom is 0.243 e. The Morgan fingerprint density at radius 2 is 1.86 bits per heavy atom. The van der Waals surface area contributed by atoms with Gasteiger partial charge in [-0.2, -0.15) is 4.31 Å². The lowest BCUT2D eigenvalue weighted by Crippen LogP contribution is -2.36. The highest BCUT2D eigenvalue weighted by Crippen LogP contribution is 2.35. The van der Waals surface area contributed by atoms with Crippen LogP contribution in [-0.4, -0.2) is 44.6 Å². The molecule has 120 valence electrons. The monoisotopic (exact) mass is 317 g/mol. The van der Waals surface area contributed by atoms with Crippen molar-refractivity contribution in [3.05, 3.63) is 17.7 Å². The lowest BCUT2D eigenvalue weighted by molar-refractivity contribution is 0.269. The van der Waals surface area contributed by atoms with E-state index in [9.17, 15) is 13.5 Å². The highest BCUT2D eigenvalue weighted by molar-refractivity contribution is 7.89. The number of aliphatic hydroxyl groups excluding tert-OH is 1. The number of hydrogen-bond acceptors (Lipinski definition) is 5. The van der Waals surface area contributed by atoms with Gasteiger partial charge in [0, 0.05) is 24.2 Å². The molecule has 0 spiro atoms. The molecule has 1 aromatic carbocycles. The predicted octanol–water partition coefficient (Wildman–Crippen LogP) is 1.62. The van der Waals surface area contributed by atoms with Gasteiger partial charge in [0.05, 0.1) is 25.7 Å². The van der Waals surface area contributed by atoms with Gasteiger partial charge < -0.3 is 14.6 Å². The van der Waals surface area contributed by atoms with Crippen molar-refractivity contribution in [1.29, 1.82) is 0 Å². The Morgan fingerprint density at radius 1 is 1.24 bits per heavy atom. The molecule has 1 rings (SSSR count).